The third-order valence-corrected chi connectivity index (χ3v) is 3.54. The molecular weight excluding hydrogens is 194 g/mol. The SMILES string of the molecule is CC(C)(C)C(O)(CN)Cc1ccsc1. The van der Waals surface area contributed by atoms with Crippen LogP contribution >= 0.6 is 11.3 Å². The maximum absolute atomic E-state index is 10.4. The Kier molecular flexibility index (Phi) is 3.35. The van der Waals surface area contributed by atoms with Crippen molar-refractivity contribution >= 4 is 11.3 Å². The summed E-state index contributed by atoms with van der Waals surface area (Å²) >= 11 is 1.65. The Balaban J connectivity index is 2.82. The molecular formula is C11H19NOS. The van der Waals surface area contributed by atoms with Gasteiger partial charge in [-0.15, -0.1) is 0 Å². The van der Waals surface area contributed by atoms with Crippen molar-refractivity contribution in [3.8, 4) is 0 Å². The summed E-state index contributed by atoms with van der Waals surface area (Å²) in [6, 6.07) is 2.04. The molecule has 0 fully saturated rings. The van der Waals surface area contributed by atoms with Gasteiger partial charge in [0.25, 0.3) is 0 Å². The van der Waals surface area contributed by atoms with Crippen molar-refractivity contribution in [2.24, 2.45) is 11.1 Å². The number of hydrogen-bond acceptors (Lipinski definition) is 3. The van der Waals surface area contributed by atoms with E-state index in [2.05, 4.69) is 5.38 Å². The predicted octanol–water partition coefficient (Wildman–Crippen LogP) is 2.03. The fourth-order valence-corrected chi connectivity index (χ4v) is 2.04. The van der Waals surface area contributed by atoms with Crippen molar-refractivity contribution in [2.45, 2.75) is 32.8 Å². The third kappa shape index (κ3) is 2.35. The van der Waals surface area contributed by atoms with E-state index in [0.29, 0.717) is 13.0 Å². The molecule has 1 aromatic rings. The summed E-state index contributed by atoms with van der Waals surface area (Å²) in [6.45, 7) is 6.36. The first-order valence-corrected chi connectivity index (χ1v) is 5.77. The molecule has 14 heavy (non-hydrogen) atoms. The van der Waals surface area contributed by atoms with Crippen molar-refractivity contribution < 1.29 is 5.11 Å². The molecule has 2 nitrogen and oxygen atoms in total. The lowest BCUT2D eigenvalue weighted by Crippen LogP contribution is -2.50. The molecule has 1 aromatic heterocycles. The Morgan fingerprint density at radius 3 is 2.43 bits per heavy atom. The number of rotatable bonds is 3. The highest BCUT2D eigenvalue weighted by Crippen LogP contribution is 2.32. The number of nitrogens with two attached hydrogens (primary N) is 1. The highest BCUT2D eigenvalue weighted by atomic mass is 32.1. The molecule has 80 valence electrons. The van der Waals surface area contributed by atoms with Crippen LogP contribution in [0.5, 0.6) is 0 Å². The van der Waals surface area contributed by atoms with Gasteiger partial charge in [0.2, 0.25) is 0 Å². The molecule has 0 aromatic carbocycles. The van der Waals surface area contributed by atoms with Gasteiger partial charge in [-0.25, -0.2) is 0 Å². The minimum atomic E-state index is -0.811. The number of aliphatic hydroxyl groups is 1. The van der Waals surface area contributed by atoms with E-state index in [0.717, 1.165) is 5.56 Å². The largest absolute Gasteiger partial charge is 0.388 e. The number of thiophene rings is 1. The fraction of sp³-hybridized carbons (Fsp3) is 0.636. The molecule has 1 heterocycles. The van der Waals surface area contributed by atoms with Crippen LogP contribution in [0.15, 0.2) is 16.8 Å². The lowest BCUT2D eigenvalue weighted by molar-refractivity contribution is -0.0489. The summed E-state index contributed by atoms with van der Waals surface area (Å²) in [6.07, 6.45) is 0.635. The van der Waals surface area contributed by atoms with Crippen molar-refractivity contribution in [3.05, 3.63) is 22.4 Å². The molecule has 0 bridgehead atoms. The summed E-state index contributed by atoms with van der Waals surface area (Å²) in [5.41, 5.74) is 5.83. The first kappa shape index (κ1) is 11.7. The van der Waals surface area contributed by atoms with E-state index in [1.54, 1.807) is 11.3 Å². The van der Waals surface area contributed by atoms with Crippen LogP contribution in [0.3, 0.4) is 0 Å². The summed E-state index contributed by atoms with van der Waals surface area (Å²) < 4.78 is 0. The average molecular weight is 213 g/mol. The van der Waals surface area contributed by atoms with Gasteiger partial charge >= 0.3 is 0 Å². The monoisotopic (exact) mass is 213 g/mol. The van der Waals surface area contributed by atoms with E-state index < -0.39 is 5.60 Å². The van der Waals surface area contributed by atoms with Crippen LogP contribution in [0.1, 0.15) is 26.3 Å². The Labute approximate surface area is 89.8 Å². The van der Waals surface area contributed by atoms with Gasteiger partial charge in [-0.2, -0.15) is 11.3 Å². The van der Waals surface area contributed by atoms with Crippen LogP contribution in [-0.2, 0) is 6.42 Å². The van der Waals surface area contributed by atoms with E-state index >= 15 is 0 Å². The standard InChI is InChI=1S/C11H19NOS/c1-10(2,3)11(13,8-12)6-9-4-5-14-7-9/h4-5,7,13H,6,8,12H2,1-3H3. The Bertz CT molecular complexity index is 276. The lowest BCUT2D eigenvalue weighted by atomic mass is 9.73. The normalized spacial score (nSPS) is 16.6. The molecule has 0 spiro atoms. The molecule has 1 unspecified atom stereocenters. The van der Waals surface area contributed by atoms with Crippen molar-refractivity contribution in [3.63, 3.8) is 0 Å². The Morgan fingerprint density at radius 1 is 1.43 bits per heavy atom. The minimum absolute atomic E-state index is 0.191. The van der Waals surface area contributed by atoms with E-state index in [1.165, 1.54) is 0 Å². The molecule has 0 saturated heterocycles. The quantitative estimate of drug-likeness (QED) is 0.807. The van der Waals surface area contributed by atoms with Crippen LogP contribution < -0.4 is 5.73 Å². The van der Waals surface area contributed by atoms with Gasteiger partial charge in [-0.1, -0.05) is 20.8 Å². The van der Waals surface area contributed by atoms with Gasteiger partial charge in [0.05, 0.1) is 5.60 Å². The van der Waals surface area contributed by atoms with Crippen LogP contribution in [0.2, 0.25) is 0 Å². The summed E-state index contributed by atoms with van der Waals surface area (Å²) in [5, 5.41) is 14.5. The number of hydrogen-bond donors (Lipinski definition) is 2. The second kappa shape index (κ2) is 4.01. The van der Waals surface area contributed by atoms with E-state index in [1.807, 2.05) is 32.2 Å². The van der Waals surface area contributed by atoms with Crippen LogP contribution in [0.4, 0.5) is 0 Å². The highest BCUT2D eigenvalue weighted by molar-refractivity contribution is 7.07. The molecule has 0 aliphatic heterocycles. The van der Waals surface area contributed by atoms with Crippen LogP contribution in [0.25, 0.3) is 0 Å². The predicted molar refractivity (Wildman–Crippen MR) is 61.5 cm³/mol. The maximum atomic E-state index is 10.4. The smallest absolute Gasteiger partial charge is 0.0857 e. The summed E-state index contributed by atoms with van der Waals surface area (Å²) in [4.78, 5) is 0. The van der Waals surface area contributed by atoms with E-state index in [4.69, 9.17) is 5.73 Å². The Hall–Kier alpha value is -0.380. The lowest BCUT2D eigenvalue weighted by Gasteiger charge is -2.39. The molecule has 0 aliphatic carbocycles. The van der Waals surface area contributed by atoms with Gasteiger partial charge in [0.1, 0.15) is 0 Å². The van der Waals surface area contributed by atoms with E-state index in [9.17, 15) is 5.11 Å². The summed E-state index contributed by atoms with van der Waals surface area (Å²) in [5.74, 6) is 0. The average Bonchev–Trinajstić information content (AvgIpc) is 2.54. The first-order valence-electron chi connectivity index (χ1n) is 4.82. The molecule has 0 aliphatic rings. The van der Waals surface area contributed by atoms with Gasteiger partial charge in [-0.3, -0.25) is 0 Å². The zero-order chi connectivity index (χ0) is 10.8. The van der Waals surface area contributed by atoms with Gasteiger partial charge < -0.3 is 10.8 Å². The van der Waals surface area contributed by atoms with Crippen LogP contribution in [-0.4, -0.2) is 17.3 Å². The zero-order valence-corrected chi connectivity index (χ0v) is 9.90. The second-order valence-electron chi connectivity index (χ2n) is 4.79. The molecule has 0 saturated carbocycles. The van der Waals surface area contributed by atoms with Gasteiger partial charge in [-0.05, 0) is 27.8 Å². The zero-order valence-electron chi connectivity index (χ0n) is 9.08. The maximum Gasteiger partial charge on any atom is 0.0857 e. The van der Waals surface area contributed by atoms with E-state index in [-0.39, 0.29) is 5.41 Å². The molecule has 3 heteroatoms. The summed E-state index contributed by atoms with van der Waals surface area (Å²) in [7, 11) is 0. The molecule has 1 atom stereocenters. The molecule has 0 amide bonds. The third-order valence-electron chi connectivity index (χ3n) is 2.81. The molecule has 0 radical (unpaired) electrons. The molecule has 3 N–H and O–H groups in total. The van der Waals surface area contributed by atoms with Gasteiger partial charge in [0.15, 0.2) is 0 Å². The Morgan fingerprint density at radius 2 is 2.07 bits per heavy atom. The van der Waals surface area contributed by atoms with Crippen molar-refractivity contribution in [1.82, 2.24) is 0 Å². The molecule has 1 rings (SSSR count). The topological polar surface area (TPSA) is 46.2 Å². The van der Waals surface area contributed by atoms with Crippen LogP contribution in [0, 0.1) is 5.41 Å². The second-order valence-corrected chi connectivity index (χ2v) is 5.57. The van der Waals surface area contributed by atoms with Crippen molar-refractivity contribution in [2.75, 3.05) is 6.54 Å². The first-order chi connectivity index (χ1) is 6.39. The van der Waals surface area contributed by atoms with Crippen molar-refractivity contribution in [1.29, 1.82) is 0 Å². The van der Waals surface area contributed by atoms with Gasteiger partial charge in [0, 0.05) is 13.0 Å². The fourth-order valence-electron chi connectivity index (χ4n) is 1.37. The minimum Gasteiger partial charge on any atom is -0.388 e. The highest BCUT2D eigenvalue weighted by Gasteiger charge is 2.38.